The molecule has 0 fully saturated rings. The third kappa shape index (κ3) is 3.92. The molecular weight excluding hydrogens is 252 g/mol. The molecular formula is C12H16N2O5. The molecule has 0 aromatic heterocycles. The summed E-state index contributed by atoms with van der Waals surface area (Å²) in [4.78, 5) is 22.8. The maximum Gasteiger partial charge on any atom is 0.342 e. The smallest absolute Gasteiger partial charge is 0.342 e. The van der Waals surface area contributed by atoms with Crippen LogP contribution in [-0.2, 0) is 4.74 Å². The van der Waals surface area contributed by atoms with Gasteiger partial charge in [0.15, 0.2) is 0 Å². The second kappa shape index (κ2) is 6.69. The van der Waals surface area contributed by atoms with Crippen molar-refractivity contribution >= 4 is 17.3 Å². The van der Waals surface area contributed by atoms with Gasteiger partial charge in [0.1, 0.15) is 5.56 Å². The van der Waals surface area contributed by atoms with Gasteiger partial charge in [0.25, 0.3) is 5.69 Å². The van der Waals surface area contributed by atoms with Crippen LogP contribution >= 0.6 is 0 Å². The molecule has 1 N–H and O–H groups in total. The Hall–Kier alpha value is -2.15. The van der Waals surface area contributed by atoms with Crippen LogP contribution in [0.2, 0.25) is 0 Å². The van der Waals surface area contributed by atoms with Gasteiger partial charge in [0, 0.05) is 32.0 Å². The van der Waals surface area contributed by atoms with Crippen LogP contribution in [0.1, 0.15) is 17.3 Å². The van der Waals surface area contributed by atoms with E-state index in [1.807, 2.05) is 6.92 Å². The third-order valence-electron chi connectivity index (χ3n) is 2.62. The van der Waals surface area contributed by atoms with Gasteiger partial charge in [-0.2, -0.15) is 0 Å². The highest BCUT2D eigenvalue weighted by Gasteiger charge is 2.20. The third-order valence-corrected chi connectivity index (χ3v) is 2.62. The molecule has 0 saturated heterocycles. The van der Waals surface area contributed by atoms with E-state index < -0.39 is 16.6 Å². The van der Waals surface area contributed by atoms with Crippen molar-refractivity contribution in [3.63, 3.8) is 0 Å². The zero-order valence-electron chi connectivity index (χ0n) is 10.8. The minimum Gasteiger partial charge on any atom is -0.477 e. The average Bonchev–Trinajstić information content (AvgIpc) is 2.38. The molecule has 0 aliphatic rings. The Balaban J connectivity index is 2.95. The average molecular weight is 268 g/mol. The first-order valence-corrected chi connectivity index (χ1v) is 5.78. The number of nitro benzene ring substituents is 1. The van der Waals surface area contributed by atoms with Crippen molar-refractivity contribution in [1.29, 1.82) is 0 Å². The molecule has 1 aromatic rings. The maximum absolute atomic E-state index is 10.9. The number of aromatic carboxylic acids is 1. The lowest BCUT2D eigenvalue weighted by Crippen LogP contribution is -2.22. The first-order chi connectivity index (χ1) is 8.97. The van der Waals surface area contributed by atoms with Gasteiger partial charge < -0.3 is 14.7 Å². The molecule has 7 heteroatoms. The second-order valence-corrected chi connectivity index (χ2v) is 3.88. The number of nitro groups is 1. The molecule has 19 heavy (non-hydrogen) atoms. The Bertz CT molecular complexity index is 475. The van der Waals surface area contributed by atoms with Crippen LogP contribution < -0.4 is 4.90 Å². The molecule has 1 aromatic carbocycles. The molecule has 0 aliphatic heterocycles. The first-order valence-electron chi connectivity index (χ1n) is 5.78. The summed E-state index contributed by atoms with van der Waals surface area (Å²) in [5.74, 6) is -1.31. The summed E-state index contributed by atoms with van der Waals surface area (Å²) >= 11 is 0. The van der Waals surface area contributed by atoms with E-state index in [9.17, 15) is 14.9 Å². The Morgan fingerprint density at radius 3 is 2.74 bits per heavy atom. The fraction of sp³-hybridized carbons (Fsp3) is 0.417. The summed E-state index contributed by atoms with van der Waals surface area (Å²) in [6.45, 7) is 3.55. The summed E-state index contributed by atoms with van der Waals surface area (Å²) in [7, 11) is 1.76. The lowest BCUT2D eigenvalue weighted by atomic mass is 10.1. The molecule has 0 bridgehead atoms. The summed E-state index contributed by atoms with van der Waals surface area (Å²) in [5, 5.41) is 19.7. The normalized spacial score (nSPS) is 10.2. The van der Waals surface area contributed by atoms with Crippen LogP contribution in [0.4, 0.5) is 11.4 Å². The monoisotopic (exact) mass is 268 g/mol. The minimum absolute atomic E-state index is 0.313. The van der Waals surface area contributed by atoms with Crippen molar-refractivity contribution in [2.75, 3.05) is 31.7 Å². The minimum atomic E-state index is -1.31. The Kier molecular flexibility index (Phi) is 5.25. The zero-order valence-corrected chi connectivity index (χ0v) is 10.8. The number of benzene rings is 1. The second-order valence-electron chi connectivity index (χ2n) is 3.88. The molecule has 0 amide bonds. The number of ether oxygens (including phenoxy) is 1. The number of hydrogen-bond acceptors (Lipinski definition) is 5. The van der Waals surface area contributed by atoms with E-state index in [4.69, 9.17) is 9.84 Å². The molecule has 0 spiro atoms. The number of nitrogens with zero attached hydrogens (tertiary/aromatic N) is 2. The summed E-state index contributed by atoms with van der Waals surface area (Å²) in [6, 6.07) is 4.05. The summed E-state index contributed by atoms with van der Waals surface area (Å²) < 4.78 is 5.20. The van der Waals surface area contributed by atoms with E-state index in [2.05, 4.69) is 0 Å². The number of carboxylic acids is 1. The van der Waals surface area contributed by atoms with Crippen molar-refractivity contribution in [2.24, 2.45) is 0 Å². The quantitative estimate of drug-likeness (QED) is 0.460. The van der Waals surface area contributed by atoms with E-state index in [0.717, 1.165) is 0 Å². The van der Waals surface area contributed by atoms with Crippen LogP contribution in [0.5, 0.6) is 0 Å². The molecule has 7 nitrogen and oxygen atoms in total. The van der Waals surface area contributed by atoms with Crippen molar-refractivity contribution in [1.82, 2.24) is 0 Å². The fourth-order valence-corrected chi connectivity index (χ4v) is 1.56. The van der Waals surface area contributed by atoms with Crippen molar-refractivity contribution < 1.29 is 19.6 Å². The summed E-state index contributed by atoms with van der Waals surface area (Å²) in [6.07, 6.45) is 0. The van der Waals surface area contributed by atoms with Crippen molar-refractivity contribution in [3.8, 4) is 0 Å². The van der Waals surface area contributed by atoms with Gasteiger partial charge in [-0.3, -0.25) is 10.1 Å². The Morgan fingerprint density at radius 1 is 1.53 bits per heavy atom. The van der Waals surface area contributed by atoms with E-state index in [1.54, 1.807) is 18.0 Å². The van der Waals surface area contributed by atoms with Gasteiger partial charge in [-0.15, -0.1) is 0 Å². The molecule has 0 heterocycles. The number of likely N-dealkylation sites (N-methyl/N-ethyl adjacent to an activating group) is 1. The molecule has 104 valence electrons. The van der Waals surface area contributed by atoms with Crippen LogP contribution in [-0.4, -0.2) is 42.8 Å². The number of hydrogen-bond donors (Lipinski definition) is 1. The van der Waals surface area contributed by atoms with Crippen molar-refractivity contribution in [3.05, 3.63) is 33.9 Å². The number of rotatable bonds is 7. The standard InChI is InChI=1S/C12H16N2O5/c1-3-19-7-6-13(2)9-4-5-10(12(15)16)11(8-9)14(17)18/h4-5,8H,3,6-7H2,1-2H3,(H,15,16). The largest absolute Gasteiger partial charge is 0.477 e. The molecule has 0 unspecified atom stereocenters. The van der Waals surface area contributed by atoms with E-state index in [0.29, 0.717) is 25.4 Å². The van der Waals surface area contributed by atoms with Crippen LogP contribution in [0.25, 0.3) is 0 Å². The fourth-order valence-electron chi connectivity index (χ4n) is 1.56. The highest BCUT2D eigenvalue weighted by Crippen LogP contribution is 2.25. The van der Waals surface area contributed by atoms with Gasteiger partial charge in [-0.1, -0.05) is 0 Å². The van der Waals surface area contributed by atoms with E-state index >= 15 is 0 Å². The van der Waals surface area contributed by atoms with Crippen molar-refractivity contribution in [2.45, 2.75) is 6.92 Å². The first kappa shape index (κ1) is 14.9. The predicted molar refractivity (Wildman–Crippen MR) is 69.8 cm³/mol. The van der Waals surface area contributed by atoms with Gasteiger partial charge >= 0.3 is 5.97 Å². The van der Waals surface area contributed by atoms with E-state index in [-0.39, 0.29) is 5.56 Å². The molecule has 0 aliphatic carbocycles. The molecule has 0 saturated carbocycles. The lowest BCUT2D eigenvalue weighted by Gasteiger charge is -2.19. The topological polar surface area (TPSA) is 92.9 Å². The number of carboxylic acid groups (broad SMARTS) is 1. The highest BCUT2D eigenvalue weighted by molar-refractivity contribution is 5.93. The number of carbonyl (C=O) groups is 1. The molecule has 0 radical (unpaired) electrons. The van der Waals surface area contributed by atoms with Gasteiger partial charge in [-0.05, 0) is 19.1 Å². The summed E-state index contributed by atoms with van der Waals surface area (Å²) in [5.41, 5.74) is -0.142. The molecule has 1 rings (SSSR count). The Labute approximate surface area is 110 Å². The van der Waals surface area contributed by atoms with Crippen LogP contribution in [0, 0.1) is 10.1 Å². The SMILES string of the molecule is CCOCCN(C)c1ccc(C(=O)O)c([N+](=O)[O-])c1. The van der Waals surface area contributed by atoms with E-state index in [1.165, 1.54) is 12.1 Å². The zero-order chi connectivity index (χ0) is 14.4. The van der Waals surface area contributed by atoms with Gasteiger partial charge in [0.2, 0.25) is 0 Å². The Morgan fingerprint density at radius 2 is 2.21 bits per heavy atom. The number of anilines is 1. The van der Waals surface area contributed by atoms with Crippen LogP contribution in [0.3, 0.4) is 0 Å². The highest BCUT2D eigenvalue weighted by atomic mass is 16.6. The van der Waals surface area contributed by atoms with Gasteiger partial charge in [-0.25, -0.2) is 4.79 Å². The molecule has 0 atom stereocenters. The lowest BCUT2D eigenvalue weighted by molar-refractivity contribution is -0.385. The predicted octanol–water partition coefficient (Wildman–Crippen LogP) is 1.77. The van der Waals surface area contributed by atoms with Gasteiger partial charge in [0.05, 0.1) is 11.5 Å². The van der Waals surface area contributed by atoms with Crippen LogP contribution in [0.15, 0.2) is 18.2 Å². The maximum atomic E-state index is 10.9.